The van der Waals surface area contributed by atoms with E-state index in [1.165, 1.54) is 22.9 Å². The van der Waals surface area contributed by atoms with Crippen LogP contribution in [0.1, 0.15) is 30.2 Å². The maximum atomic E-state index is 12.4. The average molecular weight is 294 g/mol. The third-order valence-corrected chi connectivity index (χ3v) is 6.64. The van der Waals surface area contributed by atoms with Crippen molar-refractivity contribution in [2.75, 3.05) is 0 Å². The molecule has 0 aliphatic carbocycles. The second-order valence-electron chi connectivity index (χ2n) is 4.77. The van der Waals surface area contributed by atoms with Crippen LogP contribution in [0, 0.1) is 0 Å². The number of aliphatic hydroxyl groups is 1. The van der Waals surface area contributed by atoms with Crippen LogP contribution in [0.2, 0.25) is 0 Å². The van der Waals surface area contributed by atoms with Gasteiger partial charge in [-0.2, -0.15) is 13.2 Å². The summed E-state index contributed by atoms with van der Waals surface area (Å²) in [4.78, 5) is 0. The molecule has 1 aromatic rings. The maximum Gasteiger partial charge on any atom is 0.416 e. The minimum absolute atomic E-state index is 0.174. The molecule has 1 aliphatic heterocycles. The summed E-state index contributed by atoms with van der Waals surface area (Å²) in [6, 6.07) is 5.04. The fraction of sp³-hybridized carbons (Fsp3) is 0.500. The van der Waals surface area contributed by atoms with Crippen molar-refractivity contribution in [1.29, 1.82) is 0 Å². The molecular weight excluding hydrogens is 281 g/mol. The van der Waals surface area contributed by atoms with Crippen LogP contribution in [0.4, 0.5) is 13.2 Å². The molecule has 2 rings (SSSR count). The van der Waals surface area contributed by atoms with Gasteiger partial charge in [0.05, 0.1) is 16.9 Å². The van der Waals surface area contributed by atoms with Gasteiger partial charge in [0.2, 0.25) is 0 Å². The molecule has 2 atom stereocenters. The van der Waals surface area contributed by atoms with E-state index in [-0.39, 0.29) is 10.00 Å². The summed E-state index contributed by atoms with van der Waals surface area (Å²) in [5.74, 6) is 0. The van der Waals surface area contributed by atoms with Crippen LogP contribution in [0.5, 0.6) is 0 Å². The van der Waals surface area contributed by atoms with Gasteiger partial charge in [-0.15, -0.1) is 0 Å². The highest BCUT2D eigenvalue weighted by Crippen LogP contribution is 2.57. The molecule has 0 aromatic heterocycles. The number of aliphatic hydroxyl groups excluding tert-OH is 1. The van der Waals surface area contributed by atoms with Gasteiger partial charge in [0, 0.05) is 4.75 Å². The zero-order valence-corrected chi connectivity index (χ0v) is 11.5. The SMILES string of the molecule is CC1(C)SSC(c2ccc(C(F)(F)F)cc2)C1O. The first kappa shape index (κ1) is 14.1. The second-order valence-corrected chi connectivity index (χ2v) is 7.76. The summed E-state index contributed by atoms with van der Waals surface area (Å²) in [5, 5.41) is 9.96. The number of benzene rings is 1. The lowest BCUT2D eigenvalue weighted by Gasteiger charge is -2.23. The van der Waals surface area contributed by atoms with Crippen molar-refractivity contribution in [2.45, 2.75) is 36.1 Å². The fourth-order valence-electron chi connectivity index (χ4n) is 1.74. The van der Waals surface area contributed by atoms with Crippen LogP contribution in [-0.2, 0) is 6.18 Å². The Balaban J connectivity index is 2.21. The van der Waals surface area contributed by atoms with Crippen molar-refractivity contribution in [3.8, 4) is 0 Å². The lowest BCUT2D eigenvalue weighted by molar-refractivity contribution is -0.137. The van der Waals surface area contributed by atoms with Crippen molar-refractivity contribution in [2.24, 2.45) is 0 Å². The Morgan fingerprint density at radius 1 is 1.17 bits per heavy atom. The highest BCUT2D eigenvalue weighted by atomic mass is 33.1. The molecule has 6 heteroatoms. The maximum absolute atomic E-state index is 12.4. The van der Waals surface area contributed by atoms with Gasteiger partial charge in [0.1, 0.15) is 0 Å². The predicted molar refractivity (Wildman–Crippen MR) is 69.5 cm³/mol. The Bertz CT molecular complexity index is 428. The first-order valence-corrected chi connectivity index (χ1v) is 7.63. The van der Waals surface area contributed by atoms with Crippen molar-refractivity contribution in [3.05, 3.63) is 35.4 Å². The minimum Gasteiger partial charge on any atom is -0.390 e. The third kappa shape index (κ3) is 2.65. The van der Waals surface area contributed by atoms with Gasteiger partial charge in [-0.1, -0.05) is 33.7 Å². The van der Waals surface area contributed by atoms with Crippen LogP contribution in [0.15, 0.2) is 24.3 Å². The molecule has 0 saturated carbocycles. The topological polar surface area (TPSA) is 20.2 Å². The summed E-state index contributed by atoms with van der Waals surface area (Å²) >= 11 is 0. The fourth-order valence-corrected chi connectivity index (χ4v) is 5.13. The van der Waals surface area contributed by atoms with Gasteiger partial charge in [0.15, 0.2) is 0 Å². The molecule has 100 valence electrons. The van der Waals surface area contributed by atoms with Gasteiger partial charge in [0.25, 0.3) is 0 Å². The van der Waals surface area contributed by atoms with Gasteiger partial charge in [-0.25, -0.2) is 0 Å². The summed E-state index contributed by atoms with van der Waals surface area (Å²) < 4.78 is 37.0. The molecule has 18 heavy (non-hydrogen) atoms. The van der Waals surface area contributed by atoms with Crippen molar-refractivity contribution >= 4 is 21.6 Å². The zero-order valence-electron chi connectivity index (χ0n) is 9.86. The molecular formula is C12H13F3OS2. The molecule has 1 fully saturated rings. The molecule has 1 aliphatic rings. The molecule has 0 bridgehead atoms. The first-order valence-electron chi connectivity index (χ1n) is 5.41. The summed E-state index contributed by atoms with van der Waals surface area (Å²) in [6.07, 6.45) is -4.88. The number of halogens is 3. The number of rotatable bonds is 1. The van der Waals surface area contributed by atoms with Crippen LogP contribution in [0.3, 0.4) is 0 Å². The van der Waals surface area contributed by atoms with Crippen molar-refractivity contribution in [3.63, 3.8) is 0 Å². The van der Waals surface area contributed by atoms with Crippen LogP contribution in [0.25, 0.3) is 0 Å². The molecule has 1 saturated heterocycles. The predicted octanol–water partition coefficient (Wildman–Crippen LogP) is 4.28. The van der Waals surface area contributed by atoms with Gasteiger partial charge in [-0.05, 0) is 31.5 Å². The van der Waals surface area contributed by atoms with Crippen LogP contribution < -0.4 is 0 Å². The monoisotopic (exact) mass is 294 g/mol. The molecule has 1 N–H and O–H groups in total. The van der Waals surface area contributed by atoms with E-state index in [4.69, 9.17) is 0 Å². The summed E-state index contributed by atoms with van der Waals surface area (Å²) in [5.41, 5.74) is 0.0780. The molecule has 0 spiro atoms. The van der Waals surface area contributed by atoms with Gasteiger partial charge >= 0.3 is 6.18 Å². The lowest BCUT2D eigenvalue weighted by atomic mass is 9.97. The molecule has 0 radical (unpaired) electrons. The van der Waals surface area contributed by atoms with E-state index in [9.17, 15) is 18.3 Å². The quantitative estimate of drug-likeness (QED) is 0.781. The second kappa shape index (κ2) is 4.65. The largest absolute Gasteiger partial charge is 0.416 e. The van der Waals surface area contributed by atoms with E-state index in [1.54, 1.807) is 10.8 Å². The number of alkyl halides is 3. The van der Waals surface area contributed by atoms with Crippen molar-refractivity contribution in [1.82, 2.24) is 0 Å². The molecule has 1 heterocycles. The Labute approximate surface area is 112 Å². The number of hydrogen-bond donors (Lipinski definition) is 1. The average Bonchev–Trinajstić information content (AvgIpc) is 2.53. The Morgan fingerprint density at radius 2 is 1.72 bits per heavy atom. The molecule has 1 nitrogen and oxygen atoms in total. The summed E-state index contributed by atoms with van der Waals surface area (Å²) in [7, 11) is 3.07. The molecule has 1 aromatic carbocycles. The Morgan fingerprint density at radius 3 is 2.11 bits per heavy atom. The molecule has 2 unspecified atom stereocenters. The highest BCUT2D eigenvalue weighted by Gasteiger charge is 2.43. The van der Waals surface area contributed by atoms with Gasteiger partial charge < -0.3 is 5.11 Å². The number of hydrogen-bond acceptors (Lipinski definition) is 3. The Hall–Kier alpha value is -0.330. The van der Waals surface area contributed by atoms with E-state index < -0.39 is 17.8 Å². The van der Waals surface area contributed by atoms with Crippen LogP contribution in [-0.4, -0.2) is 16.0 Å². The van der Waals surface area contributed by atoms with Gasteiger partial charge in [-0.3, -0.25) is 0 Å². The first-order chi connectivity index (χ1) is 8.22. The molecule has 0 amide bonds. The van der Waals surface area contributed by atoms with E-state index in [2.05, 4.69) is 0 Å². The Kier molecular flexibility index (Phi) is 3.64. The standard InChI is InChI=1S/C12H13F3OS2/c1-11(2)10(16)9(17-18-11)7-3-5-8(6-4-7)12(13,14)15/h3-6,9-10,16H,1-2H3. The normalized spacial score (nSPS) is 27.4. The minimum atomic E-state index is -4.31. The highest BCUT2D eigenvalue weighted by molar-refractivity contribution is 8.77. The third-order valence-electron chi connectivity index (χ3n) is 2.93. The summed E-state index contributed by atoms with van der Waals surface area (Å²) in [6.45, 7) is 3.86. The van der Waals surface area contributed by atoms with E-state index >= 15 is 0 Å². The van der Waals surface area contributed by atoms with Crippen molar-refractivity contribution < 1.29 is 18.3 Å². The lowest BCUT2D eigenvalue weighted by Crippen LogP contribution is -2.31. The zero-order chi connectivity index (χ0) is 13.6. The van der Waals surface area contributed by atoms with E-state index in [1.807, 2.05) is 13.8 Å². The van der Waals surface area contributed by atoms with Crippen LogP contribution >= 0.6 is 21.6 Å². The van der Waals surface area contributed by atoms with E-state index in [0.29, 0.717) is 0 Å². The smallest absolute Gasteiger partial charge is 0.390 e. The van der Waals surface area contributed by atoms with E-state index in [0.717, 1.165) is 17.7 Å².